The average molecular weight is 474 g/mol. The van der Waals surface area contributed by atoms with E-state index in [2.05, 4.69) is 5.32 Å². The summed E-state index contributed by atoms with van der Waals surface area (Å²) in [4.78, 5) is 25.0. The summed E-state index contributed by atoms with van der Waals surface area (Å²) in [5, 5.41) is 11.8. The quantitative estimate of drug-likeness (QED) is 0.618. The number of sulfonamides is 1. The summed E-state index contributed by atoms with van der Waals surface area (Å²) in [6.07, 6.45) is -0.297. The van der Waals surface area contributed by atoms with Crippen LogP contribution in [0.3, 0.4) is 0 Å². The van der Waals surface area contributed by atoms with Gasteiger partial charge in [0.1, 0.15) is 11.9 Å². The number of amides is 1. The molecule has 1 atom stereocenters. The van der Waals surface area contributed by atoms with E-state index in [0.29, 0.717) is 5.69 Å². The maximum atomic E-state index is 13.0. The van der Waals surface area contributed by atoms with E-state index < -0.39 is 39.7 Å². The fraction of sp³-hybridized carbons (Fsp3) is 0.348. The summed E-state index contributed by atoms with van der Waals surface area (Å²) in [7, 11) is -3.86. The molecule has 8 nitrogen and oxygen atoms in total. The van der Waals surface area contributed by atoms with Crippen molar-refractivity contribution in [2.24, 2.45) is 5.92 Å². The van der Waals surface area contributed by atoms with E-state index >= 15 is 0 Å². The molecule has 0 saturated carbocycles. The lowest BCUT2D eigenvalue weighted by molar-refractivity contribution is -0.159. The van der Waals surface area contributed by atoms with E-state index in [4.69, 9.17) is 4.74 Å². The van der Waals surface area contributed by atoms with Gasteiger partial charge < -0.3 is 10.1 Å². The minimum atomic E-state index is -3.86. The topological polar surface area (TPSA) is 117 Å². The maximum Gasteiger partial charge on any atom is 0.309 e. The highest BCUT2D eigenvalue weighted by molar-refractivity contribution is 7.89. The lowest BCUT2D eigenvalue weighted by Crippen LogP contribution is -2.42. The molecule has 174 valence electrons. The molecule has 10 heteroatoms. The molecule has 1 heterocycles. The number of benzene rings is 2. The number of anilines is 1. The van der Waals surface area contributed by atoms with Crippen LogP contribution in [-0.4, -0.2) is 43.8 Å². The van der Waals surface area contributed by atoms with Gasteiger partial charge in [-0.1, -0.05) is 19.1 Å². The highest BCUT2D eigenvalue weighted by Crippen LogP contribution is 2.26. The molecule has 2 aromatic carbocycles. The fourth-order valence-electron chi connectivity index (χ4n) is 3.57. The Morgan fingerprint density at radius 2 is 1.82 bits per heavy atom. The van der Waals surface area contributed by atoms with Gasteiger partial charge >= 0.3 is 5.97 Å². The van der Waals surface area contributed by atoms with E-state index in [0.717, 1.165) is 0 Å². The van der Waals surface area contributed by atoms with Gasteiger partial charge in [-0.25, -0.2) is 12.8 Å². The van der Waals surface area contributed by atoms with Crippen LogP contribution in [-0.2, 0) is 24.3 Å². The number of halogens is 1. The van der Waals surface area contributed by atoms with Crippen LogP contribution in [0.15, 0.2) is 53.4 Å². The molecule has 0 bridgehead atoms. The zero-order valence-electron chi connectivity index (χ0n) is 18.0. The largest absolute Gasteiger partial charge is 0.452 e. The first-order chi connectivity index (χ1) is 15.8. The Bertz CT molecular complexity index is 1150. The molecule has 1 aliphatic rings. The Hall–Kier alpha value is -3.29. The maximum absolute atomic E-state index is 13.0. The normalized spacial score (nSPS) is 15.9. The lowest BCUT2D eigenvalue weighted by Gasteiger charge is -2.31. The number of rotatable bonds is 7. The second kappa shape index (κ2) is 10.6. The number of nitrogens with zero attached hydrogens (tertiary/aromatic N) is 2. The molecule has 0 spiro atoms. The van der Waals surface area contributed by atoms with Crippen molar-refractivity contribution in [1.29, 1.82) is 5.26 Å². The summed E-state index contributed by atoms with van der Waals surface area (Å²) in [6, 6.07) is 13.1. The molecule has 0 radical (unpaired) electrons. The zero-order chi connectivity index (χ0) is 24.0. The number of hydrogen-bond donors (Lipinski definition) is 1. The van der Waals surface area contributed by atoms with Gasteiger partial charge in [-0.15, -0.1) is 0 Å². The third kappa shape index (κ3) is 5.74. The number of nitrogens with one attached hydrogen (secondary N) is 1. The van der Waals surface area contributed by atoms with Gasteiger partial charge in [0.05, 0.1) is 16.4 Å². The summed E-state index contributed by atoms with van der Waals surface area (Å²) in [5.41, 5.74) is 0.448. The molecule has 33 heavy (non-hydrogen) atoms. The smallest absolute Gasteiger partial charge is 0.309 e. The van der Waals surface area contributed by atoms with Gasteiger partial charge in [0.15, 0.2) is 6.10 Å². The molecule has 0 aliphatic carbocycles. The molecular weight excluding hydrogens is 449 g/mol. The average Bonchev–Trinajstić information content (AvgIpc) is 2.83. The molecule has 1 fully saturated rings. The molecule has 0 aromatic heterocycles. The third-order valence-corrected chi connectivity index (χ3v) is 7.40. The summed E-state index contributed by atoms with van der Waals surface area (Å²) >= 11 is 0. The molecule has 1 aliphatic heterocycles. The minimum absolute atomic E-state index is 0.0583. The van der Waals surface area contributed by atoms with E-state index in [1.54, 1.807) is 19.1 Å². The van der Waals surface area contributed by atoms with Gasteiger partial charge in [0, 0.05) is 18.8 Å². The highest BCUT2D eigenvalue weighted by Gasteiger charge is 2.35. The van der Waals surface area contributed by atoms with E-state index in [1.807, 2.05) is 6.07 Å². The Morgan fingerprint density at radius 1 is 1.18 bits per heavy atom. The molecule has 1 saturated heterocycles. The fourth-order valence-corrected chi connectivity index (χ4v) is 5.18. The third-order valence-electron chi connectivity index (χ3n) is 5.45. The van der Waals surface area contributed by atoms with Crippen LogP contribution >= 0.6 is 0 Å². The van der Waals surface area contributed by atoms with Gasteiger partial charge in [0.25, 0.3) is 5.91 Å². The van der Waals surface area contributed by atoms with Crippen LogP contribution in [0.5, 0.6) is 0 Å². The van der Waals surface area contributed by atoms with Gasteiger partial charge in [0.2, 0.25) is 10.0 Å². The second-order valence-electron chi connectivity index (χ2n) is 7.62. The molecule has 3 rings (SSSR count). The number of esters is 1. The number of nitriles is 1. The summed E-state index contributed by atoms with van der Waals surface area (Å²) in [6.45, 7) is 1.89. The van der Waals surface area contributed by atoms with Crippen LogP contribution in [0.4, 0.5) is 10.1 Å². The monoisotopic (exact) mass is 473 g/mol. The van der Waals surface area contributed by atoms with Gasteiger partial charge in [-0.3, -0.25) is 9.59 Å². The van der Waals surface area contributed by atoms with E-state index in [-0.39, 0.29) is 42.8 Å². The SMILES string of the molecule is CCC(OC(=O)C1CCN(S(=O)(=O)c2ccccc2C#N)CC1)C(=O)Nc1ccc(F)cc1. The van der Waals surface area contributed by atoms with Crippen LogP contribution in [0.1, 0.15) is 31.7 Å². The van der Waals surface area contributed by atoms with Crippen molar-refractivity contribution in [3.05, 3.63) is 59.9 Å². The van der Waals surface area contributed by atoms with Crippen molar-refractivity contribution >= 4 is 27.6 Å². The Morgan fingerprint density at radius 3 is 2.42 bits per heavy atom. The molecule has 2 aromatic rings. The van der Waals surface area contributed by atoms with Crippen molar-refractivity contribution in [3.63, 3.8) is 0 Å². The van der Waals surface area contributed by atoms with Crippen molar-refractivity contribution in [2.75, 3.05) is 18.4 Å². The predicted octanol–water partition coefficient (Wildman–Crippen LogP) is 3.06. The second-order valence-corrected chi connectivity index (χ2v) is 9.52. The summed E-state index contributed by atoms with van der Waals surface area (Å²) in [5.74, 6) is -2.07. The van der Waals surface area contributed by atoms with Crippen LogP contribution in [0.2, 0.25) is 0 Å². The number of piperidine rings is 1. The minimum Gasteiger partial charge on any atom is -0.452 e. The standard InChI is InChI=1S/C23H24FN3O5S/c1-2-20(22(28)26-19-9-7-18(24)8-10-19)32-23(29)16-11-13-27(14-12-16)33(30,31)21-6-4-3-5-17(21)15-25/h3-10,16,20H,2,11-14H2,1H3,(H,26,28). The first kappa shape index (κ1) is 24.4. The predicted molar refractivity (Wildman–Crippen MR) is 118 cm³/mol. The first-order valence-electron chi connectivity index (χ1n) is 10.5. The van der Waals surface area contributed by atoms with Gasteiger partial charge in [-0.2, -0.15) is 9.57 Å². The van der Waals surface area contributed by atoms with Crippen molar-refractivity contribution in [2.45, 2.75) is 37.2 Å². The van der Waals surface area contributed by atoms with Crippen molar-refractivity contribution in [3.8, 4) is 6.07 Å². The van der Waals surface area contributed by atoms with Crippen molar-refractivity contribution < 1.29 is 27.1 Å². The van der Waals surface area contributed by atoms with Crippen molar-refractivity contribution in [1.82, 2.24) is 4.31 Å². The van der Waals surface area contributed by atoms with Gasteiger partial charge in [-0.05, 0) is 55.7 Å². The molecular formula is C23H24FN3O5S. The molecule has 1 amide bonds. The number of ether oxygens (including phenoxy) is 1. The Labute approximate surface area is 192 Å². The summed E-state index contributed by atoms with van der Waals surface area (Å²) < 4.78 is 45.6. The van der Waals surface area contributed by atoms with Crippen LogP contribution < -0.4 is 5.32 Å². The Balaban J connectivity index is 1.58. The van der Waals surface area contributed by atoms with E-state index in [9.17, 15) is 27.7 Å². The number of hydrogen-bond acceptors (Lipinski definition) is 6. The first-order valence-corrected chi connectivity index (χ1v) is 12.0. The molecule has 1 N–H and O–H groups in total. The Kier molecular flexibility index (Phi) is 7.79. The number of carbonyl (C=O) groups is 2. The zero-order valence-corrected chi connectivity index (χ0v) is 18.8. The highest BCUT2D eigenvalue weighted by atomic mass is 32.2. The number of carbonyl (C=O) groups excluding carboxylic acids is 2. The van der Waals surface area contributed by atoms with Crippen LogP contribution in [0, 0.1) is 23.1 Å². The lowest BCUT2D eigenvalue weighted by atomic mass is 9.98. The molecule has 1 unspecified atom stereocenters. The van der Waals surface area contributed by atoms with Crippen LogP contribution in [0.25, 0.3) is 0 Å². The van der Waals surface area contributed by atoms with E-state index in [1.165, 1.54) is 40.7 Å².